The summed E-state index contributed by atoms with van der Waals surface area (Å²) in [5.41, 5.74) is -0.529. The van der Waals surface area contributed by atoms with Crippen LogP contribution in [-0.2, 0) is 14.3 Å². The molecule has 0 aliphatic carbocycles. The first kappa shape index (κ1) is 14.0. The maximum atomic E-state index is 11.3. The first-order chi connectivity index (χ1) is 7.78. The lowest BCUT2D eigenvalue weighted by Gasteiger charge is -2.19. The number of rotatable bonds is 3. The van der Waals surface area contributed by atoms with Crippen molar-refractivity contribution in [2.75, 3.05) is 6.54 Å². The van der Waals surface area contributed by atoms with Gasteiger partial charge in [-0.2, -0.15) is 0 Å². The molecule has 0 aromatic carbocycles. The second kappa shape index (κ2) is 5.53. The Kier molecular flexibility index (Phi) is 4.56. The summed E-state index contributed by atoms with van der Waals surface area (Å²) in [5, 5.41) is 2.39. The lowest BCUT2D eigenvalue weighted by molar-refractivity contribution is -0.115. The van der Waals surface area contributed by atoms with Crippen LogP contribution in [0.15, 0.2) is 0 Å². The molecule has 6 heteroatoms. The van der Waals surface area contributed by atoms with Gasteiger partial charge in [0.15, 0.2) is 10.2 Å². The molecule has 1 unspecified atom stereocenters. The summed E-state index contributed by atoms with van der Waals surface area (Å²) >= 11 is 0.776. The van der Waals surface area contributed by atoms with Gasteiger partial charge in [0.1, 0.15) is 5.60 Å². The lowest BCUT2D eigenvalue weighted by Crippen LogP contribution is -2.33. The Labute approximate surface area is 105 Å². The highest BCUT2D eigenvalue weighted by Gasteiger charge is 2.31. The van der Waals surface area contributed by atoms with Crippen molar-refractivity contribution in [3.63, 3.8) is 0 Å². The van der Waals surface area contributed by atoms with Crippen LogP contribution in [0.5, 0.6) is 0 Å². The van der Waals surface area contributed by atoms with Gasteiger partial charge in [-0.05, 0) is 39.0 Å². The maximum absolute atomic E-state index is 11.3. The molecule has 1 rings (SSSR count). The van der Waals surface area contributed by atoms with Crippen molar-refractivity contribution in [2.24, 2.45) is 5.92 Å². The summed E-state index contributed by atoms with van der Waals surface area (Å²) in [5.74, 6) is -0.262. The van der Waals surface area contributed by atoms with E-state index in [2.05, 4.69) is 5.32 Å². The highest BCUT2D eigenvalue weighted by Crippen LogP contribution is 2.29. The molecular formula is C11H17NO4S. The molecule has 1 aliphatic heterocycles. The number of ether oxygens (including phenoxy) is 1. The molecule has 0 aromatic rings. The normalized spacial score (nSPS) is 20.5. The summed E-state index contributed by atoms with van der Waals surface area (Å²) in [7, 11) is 0. The number of alkyl carbamates (subject to hydrolysis) is 1. The summed E-state index contributed by atoms with van der Waals surface area (Å²) in [4.78, 5) is 33.6. The van der Waals surface area contributed by atoms with E-state index in [1.54, 1.807) is 20.8 Å². The number of thioether (sulfide) groups is 1. The van der Waals surface area contributed by atoms with E-state index in [4.69, 9.17) is 4.74 Å². The van der Waals surface area contributed by atoms with Crippen LogP contribution < -0.4 is 5.32 Å². The van der Waals surface area contributed by atoms with Crippen LogP contribution in [0, 0.1) is 5.92 Å². The smallest absolute Gasteiger partial charge is 0.407 e. The molecule has 1 N–H and O–H groups in total. The monoisotopic (exact) mass is 259 g/mol. The summed E-state index contributed by atoms with van der Waals surface area (Å²) < 4.78 is 5.04. The van der Waals surface area contributed by atoms with Gasteiger partial charge in [-0.25, -0.2) is 4.79 Å². The molecule has 1 amide bonds. The Bertz CT molecular complexity index is 335. The fourth-order valence-electron chi connectivity index (χ4n) is 1.40. The van der Waals surface area contributed by atoms with Gasteiger partial charge in [-0.1, -0.05) is 0 Å². The van der Waals surface area contributed by atoms with E-state index in [0.29, 0.717) is 13.0 Å². The standard InChI is InChI=1S/C11H17NO4S/c1-11(2,3)16-10(15)12-5-4-7-6-8(13)17-9(7)14/h7H,4-6H2,1-3H3,(H,12,15). The Hall–Kier alpha value is -1.04. The Morgan fingerprint density at radius 2 is 2.12 bits per heavy atom. The summed E-state index contributed by atoms with van der Waals surface area (Å²) in [6, 6.07) is 0. The summed E-state index contributed by atoms with van der Waals surface area (Å²) in [6.07, 6.45) is 0.262. The van der Waals surface area contributed by atoms with Crippen molar-refractivity contribution < 1.29 is 19.1 Å². The van der Waals surface area contributed by atoms with Crippen molar-refractivity contribution >= 4 is 28.1 Å². The fourth-order valence-corrected chi connectivity index (χ4v) is 2.28. The quantitative estimate of drug-likeness (QED) is 0.835. The minimum Gasteiger partial charge on any atom is -0.444 e. The zero-order valence-corrected chi connectivity index (χ0v) is 11.1. The van der Waals surface area contributed by atoms with E-state index < -0.39 is 11.7 Å². The van der Waals surface area contributed by atoms with Crippen molar-refractivity contribution in [3.8, 4) is 0 Å². The van der Waals surface area contributed by atoms with Crippen LogP contribution >= 0.6 is 11.8 Å². The second-order valence-electron chi connectivity index (χ2n) is 4.91. The molecule has 0 saturated carbocycles. The van der Waals surface area contributed by atoms with E-state index in [1.165, 1.54) is 0 Å². The minimum absolute atomic E-state index is 0.0859. The second-order valence-corrected chi connectivity index (χ2v) is 5.97. The molecule has 1 atom stereocenters. The van der Waals surface area contributed by atoms with Crippen LogP contribution in [0.1, 0.15) is 33.6 Å². The van der Waals surface area contributed by atoms with Gasteiger partial charge in [0.05, 0.1) is 0 Å². The maximum Gasteiger partial charge on any atom is 0.407 e. The van der Waals surface area contributed by atoms with Gasteiger partial charge < -0.3 is 10.1 Å². The van der Waals surface area contributed by atoms with Gasteiger partial charge in [0.2, 0.25) is 0 Å². The van der Waals surface area contributed by atoms with Crippen molar-refractivity contribution in [1.82, 2.24) is 5.32 Å². The van der Waals surface area contributed by atoms with E-state index in [0.717, 1.165) is 11.8 Å². The third kappa shape index (κ3) is 5.21. The Morgan fingerprint density at radius 3 is 2.59 bits per heavy atom. The molecule has 1 saturated heterocycles. The molecule has 1 heterocycles. The van der Waals surface area contributed by atoms with Crippen molar-refractivity contribution in [3.05, 3.63) is 0 Å². The largest absolute Gasteiger partial charge is 0.444 e. The average Bonchev–Trinajstić information content (AvgIpc) is 2.42. The van der Waals surface area contributed by atoms with Crippen molar-refractivity contribution in [2.45, 2.75) is 39.2 Å². The molecule has 17 heavy (non-hydrogen) atoms. The van der Waals surface area contributed by atoms with Crippen LogP contribution in [0.2, 0.25) is 0 Å². The van der Waals surface area contributed by atoms with E-state index in [-0.39, 0.29) is 22.6 Å². The van der Waals surface area contributed by atoms with Crippen molar-refractivity contribution in [1.29, 1.82) is 0 Å². The van der Waals surface area contributed by atoms with Gasteiger partial charge >= 0.3 is 6.09 Å². The number of nitrogens with one attached hydrogen (secondary N) is 1. The third-order valence-corrected chi connectivity index (χ3v) is 3.05. The van der Waals surface area contributed by atoms with Crippen LogP contribution in [0.25, 0.3) is 0 Å². The topological polar surface area (TPSA) is 72.5 Å². The predicted molar refractivity (Wildman–Crippen MR) is 64.6 cm³/mol. The van der Waals surface area contributed by atoms with Gasteiger partial charge in [0, 0.05) is 18.9 Å². The zero-order valence-electron chi connectivity index (χ0n) is 10.2. The molecule has 0 radical (unpaired) electrons. The molecule has 0 spiro atoms. The number of amides is 1. The highest BCUT2D eigenvalue weighted by molar-refractivity contribution is 8.26. The van der Waals surface area contributed by atoms with Gasteiger partial charge in [-0.3, -0.25) is 9.59 Å². The molecule has 96 valence electrons. The first-order valence-electron chi connectivity index (χ1n) is 5.49. The van der Waals surface area contributed by atoms with Crippen LogP contribution in [0.4, 0.5) is 4.79 Å². The molecule has 0 aromatic heterocycles. The third-order valence-electron chi connectivity index (χ3n) is 2.12. The van der Waals surface area contributed by atoms with E-state index >= 15 is 0 Å². The molecule has 5 nitrogen and oxygen atoms in total. The predicted octanol–water partition coefficient (Wildman–Crippen LogP) is 1.71. The van der Waals surface area contributed by atoms with Gasteiger partial charge in [-0.15, -0.1) is 0 Å². The number of carbonyl (C=O) groups is 3. The SMILES string of the molecule is CC(C)(C)OC(=O)NCCC1CC(=O)SC1=O. The van der Waals surface area contributed by atoms with Crippen LogP contribution in [-0.4, -0.2) is 28.5 Å². The highest BCUT2D eigenvalue weighted by atomic mass is 32.2. The Morgan fingerprint density at radius 1 is 1.47 bits per heavy atom. The van der Waals surface area contributed by atoms with E-state index in [9.17, 15) is 14.4 Å². The number of hydrogen-bond acceptors (Lipinski definition) is 5. The molecule has 1 aliphatic rings. The van der Waals surface area contributed by atoms with Gasteiger partial charge in [0.25, 0.3) is 0 Å². The Balaban J connectivity index is 2.22. The first-order valence-corrected chi connectivity index (χ1v) is 6.31. The summed E-state index contributed by atoms with van der Waals surface area (Å²) in [6.45, 7) is 5.69. The lowest BCUT2D eigenvalue weighted by atomic mass is 10.0. The van der Waals surface area contributed by atoms with Crippen LogP contribution in [0.3, 0.4) is 0 Å². The number of hydrogen-bond donors (Lipinski definition) is 1. The van der Waals surface area contributed by atoms with E-state index in [1.807, 2.05) is 0 Å². The molecule has 0 bridgehead atoms. The minimum atomic E-state index is -0.529. The molecule has 1 fully saturated rings. The fraction of sp³-hybridized carbons (Fsp3) is 0.727. The average molecular weight is 259 g/mol. The molecular weight excluding hydrogens is 242 g/mol. The zero-order chi connectivity index (χ0) is 13.1. The number of carbonyl (C=O) groups excluding carboxylic acids is 3.